The summed E-state index contributed by atoms with van der Waals surface area (Å²) in [5.41, 5.74) is 10.4. The fourth-order valence-electron chi connectivity index (χ4n) is 2.18. The number of unbranched alkanes of at least 4 members (excludes halogenated alkanes) is 3. The average molecular weight is 489 g/mol. The van der Waals surface area contributed by atoms with Gasteiger partial charge in [0.15, 0.2) is 0 Å². The molecule has 0 aliphatic rings. The third-order valence-electron chi connectivity index (χ3n) is 4.19. The van der Waals surface area contributed by atoms with Crippen molar-refractivity contribution in [3.05, 3.63) is 0 Å². The van der Waals surface area contributed by atoms with Crippen molar-refractivity contribution in [1.82, 2.24) is 4.90 Å². The maximum atomic E-state index is 11.1. The molecular formula is C15H38N3NaO9P2. The van der Waals surface area contributed by atoms with Gasteiger partial charge in [-0.15, -0.1) is 0 Å². The van der Waals surface area contributed by atoms with Gasteiger partial charge in [-0.1, -0.05) is 26.2 Å². The zero-order chi connectivity index (χ0) is 23.3. The molecule has 0 amide bonds. The van der Waals surface area contributed by atoms with Gasteiger partial charge < -0.3 is 46.2 Å². The molecule has 30 heavy (non-hydrogen) atoms. The molecule has 0 saturated heterocycles. The van der Waals surface area contributed by atoms with Gasteiger partial charge >= 0.3 is 50.7 Å². The maximum absolute atomic E-state index is 11.1. The van der Waals surface area contributed by atoms with E-state index < -0.39 is 38.7 Å². The number of rotatable bonds is 14. The van der Waals surface area contributed by atoms with Gasteiger partial charge in [-0.05, 0) is 39.4 Å². The minimum atomic E-state index is -5.33. The van der Waals surface area contributed by atoms with Crippen LogP contribution in [0.25, 0.3) is 0 Å². The van der Waals surface area contributed by atoms with Crippen LogP contribution in [0, 0.1) is 0 Å². The summed E-state index contributed by atoms with van der Waals surface area (Å²) in [4.78, 5) is 47.6. The van der Waals surface area contributed by atoms with Crippen LogP contribution < -0.4 is 11.5 Å². The molecule has 0 radical (unpaired) electrons. The van der Waals surface area contributed by atoms with Crippen molar-refractivity contribution in [2.24, 2.45) is 11.5 Å². The molecule has 12 nitrogen and oxygen atoms in total. The Hall–Kier alpha value is 0.610. The Labute approximate surface area is 200 Å². The van der Waals surface area contributed by atoms with E-state index in [1.54, 1.807) is 11.9 Å². The van der Waals surface area contributed by atoms with Crippen LogP contribution in [-0.2, 0) is 13.9 Å². The fourth-order valence-corrected chi connectivity index (χ4v) is 4.32. The Morgan fingerprint density at radius 2 is 1.53 bits per heavy atom. The first kappa shape index (κ1) is 35.2. The normalized spacial score (nSPS) is 13.3. The van der Waals surface area contributed by atoms with E-state index in [2.05, 4.69) is 0 Å². The van der Waals surface area contributed by atoms with Gasteiger partial charge in [-0.25, -0.2) is 0 Å². The molecule has 0 aliphatic heterocycles. The van der Waals surface area contributed by atoms with Crippen molar-refractivity contribution in [3.8, 4) is 0 Å². The van der Waals surface area contributed by atoms with Crippen LogP contribution in [0.3, 0.4) is 0 Å². The molecule has 0 saturated carbocycles. The molecule has 0 heterocycles. The van der Waals surface area contributed by atoms with Gasteiger partial charge in [0, 0.05) is 13.0 Å². The molecule has 0 aromatic heterocycles. The molecule has 178 valence electrons. The SMILES string of the molecule is CCCCCN(C)CCC(O)(P(=O)(O)O)P(=O)(O)O.NCCCCC(N)C(=O)O.[NaH]. The summed E-state index contributed by atoms with van der Waals surface area (Å²) in [6, 6.07) is -0.716. The fraction of sp³-hybridized carbons (Fsp3) is 0.933. The van der Waals surface area contributed by atoms with Crippen LogP contribution in [0.5, 0.6) is 0 Å². The molecule has 0 fully saturated rings. The van der Waals surface area contributed by atoms with Crippen molar-refractivity contribution in [1.29, 1.82) is 0 Å². The predicted molar refractivity (Wildman–Crippen MR) is 116 cm³/mol. The van der Waals surface area contributed by atoms with Crippen molar-refractivity contribution < 1.29 is 43.7 Å². The first-order chi connectivity index (χ1) is 13.1. The molecule has 0 spiro atoms. The first-order valence-electron chi connectivity index (χ1n) is 9.34. The Kier molecular flexibility index (Phi) is 20.1. The number of carboxylic acid groups (broad SMARTS) is 1. The second-order valence-corrected chi connectivity index (χ2v) is 10.9. The average Bonchev–Trinajstić information content (AvgIpc) is 2.58. The second-order valence-electron chi connectivity index (χ2n) is 6.85. The van der Waals surface area contributed by atoms with E-state index in [-0.39, 0.29) is 36.1 Å². The summed E-state index contributed by atoms with van der Waals surface area (Å²) in [6.45, 7) is 3.25. The van der Waals surface area contributed by atoms with Gasteiger partial charge in [0.1, 0.15) is 6.04 Å². The summed E-state index contributed by atoms with van der Waals surface area (Å²) in [6.07, 6.45) is 4.35. The number of hydrogen-bond acceptors (Lipinski definition) is 7. The number of aliphatic carboxylic acids is 1. The van der Waals surface area contributed by atoms with Crippen LogP contribution in [0.4, 0.5) is 0 Å². The van der Waals surface area contributed by atoms with Crippen molar-refractivity contribution in [2.45, 2.75) is 63.0 Å². The number of nitrogens with two attached hydrogens (primary N) is 2. The number of carbonyl (C=O) groups is 1. The minimum absolute atomic E-state index is 0. The summed E-state index contributed by atoms with van der Waals surface area (Å²) in [5, 5.41) is 14.7. The summed E-state index contributed by atoms with van der Waals surface area (Å²) in [5.74, 6) is -0.933. The molecule has 10 N–H and O–H groups in total. The Morgan fingerprint density at radius 3 is 1.90 bits per heavy atom. The Balaban J connectivity index is -0.000000563. The van der Waals surface area contributed by atoms with E-state index in [9.17, 15) is 19.0 Å². The molecule has 0 aromatic carbocycles. The van der Waals surface area contributed by atoms with Crippen molar-refractivity contribution >= 4 is 50.7 Å². The quantitative estimate of drug-likeness (QED) is 0.0867. The Morgan fingerprint density at radius 1 is 1.03 bits per heavy atom. The topological polar surface area (TPSA) is 228 Å². The van der Waals surface area contributed by atoms with E-state index in [1.807, 2.05) is 6.92 Å². The number of carboxylic acids is 1. The summed E-state index contributed by atoms with van der Waals surface area (Å²) < 4.78 is 22.2. The number of nitrogens with zero attached hydrogens (tertiary/aromatic N) is 1. The predicted octanol–water partition coefficient (Wildman–Crippen LogP) is -0.621. The van der Waals surface area contributed by atoms with Crippen LogP contribution in [0.1, 0.15) is 51.9 Å². The van der Waals surface area contributed by atoms with E-state index in [0.717, 1.165) is 32.1 Å². The van der Waals surface area contributed by atoms with E-state index in [4.69, 9.17) is 36.1 Å². The molecule has 0 aromatic rings. The molecule has 15 heteroatoms. The Bertz CT molecular complexity index is 537. The van der Waals surface area contributed by atoms with E-state index in [1.165, 1.54) is 0 Å². The molecule has 0 bridgehead atoms. The van der Waals surface area contributed by atoms with Crippen molar-refractivity contribution in [2.75, 3.05) is 26.7 Å². The molecular weight excluding hydrogens is 451 g/mol. The monoisotopic (exact) mass is 489 g/mol. The number of hydrogen-bond donors (Lipinski definition) is 8. The molecule has 0 aliphatic carbocycles. The number of aliphatic hydroxyl groups is 1. The summed E-state index contributed by atoms with van der Waals surface area (Å²) in [7, 11) is -9.00. The van der Waals surface area contributed by atoms with E-state index in [0.29, 0.717) is 19.5 Å². The van der Waals surface area contributed by atoms with Crippen molar-refractivity contribution in [3.63, 3.8) is 0 Å². The second kappa shape index (κ2) is 17.1. The van der Waals surface area contributed by atoms with Crippen LogP contribution in [0.2, 0.25) is 0 Å². The van der Waals surface area contributed by atoms with Gasteiger partial charge in [0.25, 0.3) is 5.08 Å². The van der Waals surface area contributed by atoms with E-state index >= 15 is 0 Å². The zero-order valence-electron chi connectivity index (χ0n) is 17.1. The first-order valence-corrected chi connectivity index (χ1v) is 12.6. The molecule has 0 rings (SSSR count). The molecule has 1 unspecified atom stereocenters. The standard InChI is InChI=1S/C9H23NO7P2.C6H14N2O2.Na.H/c1-3-4-5-7-10(2)8-6-9(11,18(12,13)14)19(15,16)17;7-4-2-1-3-5(8)6(9)10;;/h11H,3-8H2,1-2H3,(H2,12,13,14)(H2,15,16,17);5H,1-4,7-8H2,(H,9,10);;. The van der Waals surface area contributed by atoms with Gasteiger partial charge in [-0.3, -0.25) is 13.9 Å². The molecule has 1 atom stereocenters. The third kappa shape index (κ3) is 14.6. The van der Waals surface area contributed by atoms with Crippen LogP contribution in [0.15, 0.2) is 0 Å². The third-order valence-corrected chi connectivity index (χ3v) is 8.07. The van der Waals surface area contributed by atoms with Crippen LogP contribution in [-0.4, -0.2) is 108 Å². The zero-order valence-corrected chi connectivity index (χ0v) is 18.8. The van der Waals surface area contributed by atoms with Gasteiger partial charge in [0.05, 0.1) is 0 Å². The van der Waals surface area contributed by atoms with Crippen LogP contribution >= 0.6 is 15.2 Å². The van der Waals surface area contributed by atoms with Gasteiger partial charge in [-0.2, -0.15) is 0 Å². The summed E-state index contributed by atoms with van der Waals surface area (Å²) >= 11 is 0. The van der Waals surface area contributed by atoms with Gasteiger partial charge in [0.2, 0.25) is 0 Å².